The summed E-state index contributed by atoms with van der Waals surface area (Å²) in [6.07, 6.45) is 11.4. The molecule has 2 N–H and O–H groups in total. The Hall–Kier alpha value is -0.220. The molecule has 0 aromatic rings. The van der Waals surface area contributed by atoms with Crippen molar-refractivity contribution in [2.75, 3.05) is 19.3 Å². The lowest BCUT2D eigenvalue weighted by atomic mass is 9.75. The van der Waals surface area contributed by atoms with E-state index in [-0.39, 0.29) is 5.41 Å². The van der Waals surface area contributed by atoms with Gasteiger partial charge in [0.05, 0.1) is 5.41 Å². The van der Waals surface area contributed by atoms with Crippen molar-refractivity contribution >= 4 is 17.7 Å². The minimum atomic E-state index is -0.140. The molecule has 2 rings (SSSR count). The molecule has 3 nitrogen and oxygen atoms in total. The minimum absolute atomic E-state index is 0.140. The Balaban J connectivity index is 1.94. The maximum absolute atomic E-state index is 12.8. The Morgan fingerprint density at radius 2 is 2.25 bits per heavy atom. The van der Waals surface area contributed by atoms with Crippen LogP contribution in [0.5, 0.6) is 0 Å². The molecule has 4 heteroatoms. The third kappa shape index (κ3) is 3.91. The Kier molecular flexibility index (Phi) is 6.21. The van der Waals surface area contributed by atoms with Crippen molar-refractivity contribution in [3.05, 3.63) is 0 Å². The molecule has 0 aromatic heterocycles. The van der Waals surface area contributed by atoms with Crippen molar-refractivity contribution in [1.82, 2.24) is 10.6 Å². The standard InChI is InChI=1S/C16H30N2OS/c1-3-8-16(9-5-10-17-12-16)15(19)18-13-6-4-7-14(11-13)20-2/h13-14,17H,3-12H2,1-2H3,(H,18,19). The number of hydrogen-bond acceptors (Lipinski definition) is 3. The van der Waals surface area contributed by atoms with Crippen LogP contribution in [0.4, 0.5) is 0 Å². The van der Waals surface area contributed by atoms with Crippen molar-refractivity contribution in [3.8, 4) is 0 Å². The molecule has 0 spiro atoms. The second-order valence-electron chi connectivity index (χ2n) is 6.51. The number of amides is 1. The average Bonchev–Trinajstić information content (AvgIpc) is 2.48. The highest BCUT2D eigenvalue weighted by atomic mass is 32.2. The second kappa shape index (κ2) is 7.69. The molecule has 1 heterocycles. The largest absolute Gasteiger partial charge is 0.353 e. The second-order valence-corrected chi connectivity index (χ2v) is 7.64. The van der Waals surface area contributed by atoms with Gasteiger partial charge in [-0.15, -0.1) is 0 Å². The highest BCUT2D eigenvalue weighted by Crippen LogP contribution is 2.33. The van der Waals surface area contributed by atoms with E-state index in [0.717, 1.165) is 50.4 Å². The van der Waals surface area contributed by atoms with Crippen molar-refractivity contribution < 1.29 is 4.79 Å². The molecular formula is C16H30N2OS. The topological polar surface area (TPSA) is 41.1 Å². The van der Waals surface area contributed by atoms with Gasteiger partial charge in [0.1, 0.15) is 0 Å². The van der Waals surface area contributed by atoms with Crippen molar-refractivity contribution in [3.63, 3.8) is 0 Å². The first-order valence-electron chi connectivity index (χ1n) is 8.24. The molecule has 2 fully saturated rings. The van der Waals surface area contributed by atoms with E-state index in [1.807, 2.05) is 11.8 Å². The maximum atomic E-state index is 12.8. The molecule has 3 atom stereocenters. The average molecular weight is 298 g/mol. The summed E-state index contributed by atoms with van der Waals surface area (Å²) in [6, 6.07) is 0.407. The molecule has 0 radical (unpaired) electrons. The lowest BCUT2D eigenvalue weighted by Crippen LogP contribution is -2.53. The van der Waals surface area contributed by atoms with Crippen molar-refractivity contribution in [2.45, 2.75) is 69.6 Å². The monoisotopic (exact) mass is 298 g/mol. The van der Waals surface area contributed by atoms with E-state index in [0.29, 0.717) is 11.9 Å². The number of carbonyl (C=O) groups excluding carboxylic acids is 1. The van der Waals surface area contributed by atoms with Gasteiger partial charge < -0.3 is 10.6 Å². The van der Waals surface area contributed by atoms with E-state index >= 15 is 0 Å². The van der Waals surface area contributed by atoms with E-state index in [1.54, 1.807) is 0 Å². The van der Waals surface area contributed by atoms with E-state index in [2.05, 4.69) is 23.8 Å². The summed E-state index contributed by atoms with van der Waals surface area (Å²) in [5.41, 5.74) is -0.140. The smallest absolute Gasteiger partial charge is 0.227 e. The highest BCUT2D eigenvalue weighted by Gasteiger charge is 2.39. The van der Waals surface area contributed by atoms with E-state index in [1.165, 1.54) is 19.3 Å². The predicted octanol–water partition coefficient (Wildman–Crippen LogP) is 2.95. The SMILES string of the molecule is CCCC1(C(=O)NC2CCCC(SC)C2)CCCNC1. The van der Waals surface area contributed by atoms with Crippen LogP contribution >= 0.6 is 11.8 Å². The fourth-order valence-electron chi connectivity index (χ4n) is 3.80. The maximum Gasteiger partial charge on any atom is 0.227 e. The zero-order valence-corrected chi connectivity index (χ0v) is 13.9. The van der Waals surface area contributed by atoms with Crippen LogP contribution in [-0.2, 0) is 4.79 Å². The molecule has 1 saturated carbocycles. The van der Waals surface area contributed by atoms with Crippen LogP contribution < -0.4 is 10.6 Å². The van der Waals surface area contributed by atoms with E-state index in [9.17, 15) is 4.79 Å². The van der Waals surface area contributed by atoms with Crippen LogP contribution in [0.1, 0.15) is 58.3 Å². The number of rotatable bonds is 5. The summed E-state index contributed by atoms with van der Waals surface area (Å²) in [6.45, 7) is 4.12. The molecule has 3 unspecified atom stereocenters. The first-order chi connectivity index (χ1) is 9.70. The van der Waals surface area contributed by atoms with Gasteiger partial charge in [-0.2, -0.15) is 11.8 Å². The lowest BCUT2D eigenvalue weighted by molar-refractivity contribution is -0.133. The molecule has 1 saturated heterocycles. The summed E-state index contributed by atoms with van der Waals surface area (Å²) < 4.78 is 0. The van der Waals surface area contributed by atoms with Crippen LogP contribution in [-0.4, -0.2) is 36.5 Å². The molecule has 1 aliphatic carbocycles. The molecule has 0 bridgehead atoms. The zero-order chi connectivity index (χ0) is 14.4. The van der Waals surface area contributed by atoms with Crippen LogP contribution in [0.15, 0.2) is 0 Å². The molecule has 0 aromatic carbocycles. The fourth-order valence-corrected chi connectivity index (χ4v) is 4.62. The van der Waals surface area contributed by atoms with Gasteiger partial charge in [0, 0.05) is 17.8 Å². The molecule has 116 valence electrons. The van der Waals surface area contributed by atoms with Crippen LogP contribution in [0, 0.1) is 5.41 Å². The summed E-state index contributed by atoms with van der Waals surface area (Å²) >= 11 is 1.96. The lowest BCUT2D eigenvalue weighted by Gasteiger charge is -2.38. The number of hydrogen-bond donors (Lipinski definition) is 2. The minimum Gasteiger partial charge on any atom is -0.353 e. The molecule has 1 aliphatic heterocycles. The van der Waals surface area contributed by atoms with Gasteiger partial charge in [0.2, 0.25) is 5.91 Å². The summed E-state index contributed by atoms with van der Waals surface area (Å²) in [4.78, 5) is 12.8. The van der Waals surface area contributed by atoms with Gasteiger partial charge in [-0.1, -0.05) is 19.8 Å². The summed E-state index contributed by atoms with van der Waals surface area (Å²) in [5, 5.41) is 7.56. The normalized spacial score (nSPS) is 34.7. The third-order valence-corrected chi connectivity index (χ3v) is 6.07. The Labute approximate surface area is 128 Å². The Morgan fingerprint density at radius 3 is 2.90 bits per heavy atom. The molecule has 1 amide bonds. The predicted molar refractivity (Wildman–Crippen MR) is 87.1 cm³/mol. The van der Waals surface area contributed by atoms with Crippen LogP contribution in [0.3, 0.4) is 0 Å². The fraction of sp³-hybridized carbons (Fsp3) is 0.938. The van der Waals surface area contributed by atoms with Crippen LogP contribution in [0.25, 0.3) is 0 Å². The summed E-state index contributed by atoms with van der Waals surface area (Å²) in [5.74, 6) is 0.318. The number of thioether (sulfide) groups is 1. The number of carbonyl (C=O) groups is 1. The number of nitrogens with one attached hydrogen (secondary N) is 2. The van der Waals surface area contributed by atoms with Gasteiger partial charge in [0.25, 0.3) is 0 Å². The van der Waals surface area contributed by atoms with Crippen LogP contribution in [0.2, 0.25) is 0 Å². The van der Waals surface area contributed by atoms with Crippen molar-refractivity contribution in [2.24, 2.45) is 5.41 Å². The van der Waals surface area contributed by atoms with E-state index < -0.39 is 0 Å². The van der Waals surface area contributed by atoms with Gasteiger partial charge in [-0.25, -0.2) is 0 Å². The first kappa shape index (κ1) is 16.2. The Morgan fingerprint density at radius 1 is 1.40 bits per heavy atom. The first-order valence-corrected chi connectivity index (χ1v) is 9.53. The zero-order valence-electron chi connectivity index (χ0n) is 13.0. The molecular weight excluding hydrogens is 268 g/mol. The summed E-state index contributed by atoms with van der Waals surface area (Å²) in [7, 11) is 0. The van der Waals surface area contributed by atoms with Crippen molar-refractivity contribution in [1.29, 1.82) is 0 Å². The third-order valence-electron chi connectivity index (χ3n) is 4.98. The molecule has 20 heavy (non-hydrogen) atoms. The Bertz CT molecular complexity index is 310. The van der Waals surface area contributed by atoms with Gasteiger partial charge in [-0.3, -0.25) is 4.79 Å². The van der Waals surface area contributed by atoms with E-state index in [4.69, 9.17) is 0 Å². The van der Waals surface area contributed by atoms with Gasteiger partial charge in [0.15, 0.2) is 0 Å². The molecule has 2 aliphatic rings. The van der Waals surface area contributed by atoms with Gasteiger partial charge >= 0.3 is 0 Å². The van der Waals surface area contributed by atoms with Gasteiger partial charge in [-0.05, 0) is 51.3 Å². The highest BCUT2D eigenvalue weighted by molar-refractivity contribution is 7.99. The quantitative estimate of drug-likeness (QED) is 0.820. The number of piperidine rings is 1.